The number of ether oxygens (including phenoxy) is 1. The third kappa shape index (κ3) is 4.44. The van der Waals surface area contributed by atoms with Gasteiger partial charge in [0, 0.05) is 31.7 Å². The molecule has 0 aromatic heterocycles. The maximum Gasteiger partial charge on any atom is 0.0707 e. The van der Waals surface area contributed by atoms with Crippen LogP contribution >= 0.6 is 0 Å². The maximum absolute atomic E-state index is 5.93. The van der Waals surface area contributed by atoms with E-state index in [0.717, 1.165) is 19.6 Å². The first-order valence-electron chi connectivity index (χ1n) is 7.92. The second kappa shape index (κ2) is 5.71. The molecule has 0 aromatic rings. The van der Waals surface area contributed by atoms with E-state index in [1.54, 1.807) is 0 Å². The van der Waals surface area contributed by atoms with Crippen molar-refractivity contribution < 1.29 is 4.74 Å². The molecule has 2 bridgehead atoms. The zero-order chi connectivity index (χ0) is 14.1. The Hall–Kier alpha value is -0.120. The highest BCUT2D eigenvalue weighted by Gasteiger charge is 2.36. The van der Waals surface area contributed by atoms with Crippen LogP contribution in [0, 0.1) is 5.41 Å². The first kappa shape index (κ1) is 15.3. The fourth-order valence-electron chi connectivity index (χ4n) is 3.14. The van der Waals surface area contributed by atoms with Crippen molar-refractivity contribution in [2.45, 2.75) is 71.6 Å². The molecule has 1 N–H and O–H groups in total. The Labute approximate surface area is 119 Å². The smallest absolute Gasteiger partial charge is 0.0707 e. The topological polar surface area (TPSA) is 24.5 Å². The Bertz CT molecular complexity index is 288. The number of likely N-dealkylation sites (tertiary alicyclic amines) is 1. The average molecular weight is 268 g/mol. The van der Waals surface area contributed by atoms with Gasteiger partial charge in [-0.05, 0) is 45.4 Å². The van der Waals surface area contributed by atoms with Gasteiger partial charge < -0.3 is 10.1 Å². The molecule has 3 atom stereocenters. The van der Waals surface area contributed by atoms with Crippen molar-refractivity contribution in [3.05, 3.63) is 0 Å². The molecule has 2 rings (SSSR count). The van der Waals surface area contributed by atoms with E-state index in [4.69, 9.17) is 4.74 Å². The van der Waals surface area contributed by atoms with Crippen LogP contribution in [0.4, 0.5) is 0 Å². The molecule has 0 aromatic carbocycles. The van der Waals surface area contributed by atoms with Crippen LogP contribution in [0.2, 0.25) is 0 Å². The summed E-state index contributed by atoms with van der Waals surface area (Å²) < 4.78 is 5.93. The number of nitrogens with one attached hydrogen (secondary N) is 1. The monoisotopic (exact) mass is 268 g/mol. The highest BCUT2D eigenvalue weighted by atomic mass is 16.5. The van der Waals surface area contributed by atoms with Crippen molar-refractivity contribution in [1.29, 1.82) is 0 Å². The predicted octanol–water partition coefficient (Wildman–Crippen LogP) is 2.65. The average Bonchev–Trinajstić information content (AvgIpc) is 2.66. The summed E-state index contributed by atoms with van der Waals surface area (Å²) in [5, 5.41) is 3.68. The molecule has 2 heterocycles. The van der Waals surface area contributed by atoms with Crippen LogP contribution in [-0.2, 0) is 4.74 Å². The highest BCUT2D eigenvalue weighted by Crippen LogP contribution is 2.30. The molecule has 2 aliphatic heterocycles. The standard InChI is InChI=1S/C16H32N2O/c1-6-16(5,11-17-15(2,3)4)12-18-9-13-7-8-14(10-18)19-13/h13-14,17H,6-12H2,1-5H3. The first-order chi connectivity index (χ1) is 8.80. The van der Waals surface area contributed by atoms with Gasteiger partial charge in [-0.25, -0.2) is 0 Å². The predicted molar refractivity (Wildman–Crippen MR) is 80.5 cm³/mol. The van der Waals surface area contributed by atoms with Crippen LogP contribution in [0.15, 0.2) is 0 Å². The van der Waals surface area contributed by atoms with Crippen molar-refractivity contribution >= 4 is 0 Å². The highest BCUT2D eigenvalue weighted by molar-refractivity contribution is 4.89. The lowest BCUT2D eigenvalue weighted by atomic mass is 9.85. The van der Waals surface area contributed by atoms with Gasteiger partial charge in [0.05, 0.1) is 12.2 Å². The van der Waals surface area contributed by atoms with Gasteiger partial charge in [0.25, 0.3) is 0 Å². The van der Waals surface area contributed by atoms with Crippen molar-refractivity contribution in [2.75, 3.05) is 26.2 Å². The van der Waals surface area contributed by atoms with E-state index < -0.39 is 0 Å². The van der Waals surface area contributed by atoms with E-state index in [2.05, 4.69) is 44.8 Å². The van der Waals surface area contributed by atoms with Crippen molar-refractivity contribution in [2.24, 2.45) is 5.41 Å². The fourth-order valence-corrected chi connectivity index (χ4v) is 3.14. The summed E-state index contributed by atoms with van der Waals surface area (Å²) in [6.07, 6.45) is 4.78. The molecular weight excluding hydrogens is 236 g/mol. The third-order valence-corrected chi connectivity index (χ3v) is 4.62. The second-order valence-electron chi connectivity index (χ2n) is 7.92. The van der Waals surface area contributed by atoms with Crippen molar-refractivity contribution in [3.8, 4) is 0 Å². The van der Waals surface area contributed by atoms with Crippen molar-refractivity contribution in [1.82, 2.24) is 10.2 Å². The molecule has 2 saturated heterocycles. The zero-order valence-electron chi connectivity index (χ0n) is 13.5. The van der Waals surface area contributed by atoms with Crippen LogP contribution in [0.3, 0.4) is 0 Å². The molecule has 0 spiro atoms. The molecular formula is C16H32N2O. The number of hydrogen-bond acceptors (Lipinski definition) is 3. The Kier molecular flexibility index (Phi) is 4.59. The van der Waals surface area contributed by atoms with Gasteiger partial charge >= 0.3 is 0 Å². The van der Waals surface area contributed by atoms with Gasteiger partial charge in [-0.1, -0.05) is 13.8 Å². The van der Waals surface area contributed by atoms with Crippen LogP contribution in [0.5, 0.6) is 0 Å². The number of nitrogens with zero attached hydrogens (tertiary/aromatic N) is 1. The van der Waals surface area contributed by atoms with Crippen LogP contribution in [-0.4, -0.2) is 48.8 Å². The third-order valence-electron chi connectivity index (χ3n) is 4.62. The molecule has 2 fully saturated rings. The van der Waals surface area contributed by atoms with Gasteiger partial charge in [0.2, 0.25) is 0 Å². The zero-order valence-corrected chi connectivity index (χ0v) is 13.5. The van der Waals surface area contributed by atoms with Crippen molar-refractivity contribution in [3.63, 3.8) is 0 Å². The quantitative estimate of drug-likeness (QED) is 0.829. The van der Waals surface area contributed by atoms with E-state index in [0.29, 0.717) is 17.6 Å². The summed E-state index contributed by atoms with van der Waals surface area (Å²) in [5.74, 6) is 0. The Morgan fingerprint density at radius 1 is 1.11 bits per heavy atom. The van der Waals surface area contributed by atoms with E-state index in [-0.39, 0.29) is 5.54 Å². The largest absolute Gasteiger partial charge is 0.372 e. The molecule has 0 aliphatic carbocycles. The van der Waals surface area contributed by atoms with Gasteiger partial charge in [0.15, 0.2) is 0 Å². The molecule has 3 nitrogen and oxygen atoms in total. The molecule has 0 saturated carbocycles. The Morgan fingerprint density at radius 3 is 2.16 bits per heavy atom. The lowest BCUT2D eigenvalue weighted by molar-refractivity contribution is -0.0497. The van der Waals surface area contributed by atoms with Crippen LogP contribution in [0.25, 0.3) is 0 Å². The molecule has 112 valence electrons. The minimum absolute atomic E-state index is 0.209. The molecule has 3 unspecified atom stereocenters. The second-order valence-corrected chi connectivity index (χ2v) is 7.92. The summed E-state index contributed by atoms with van der Waals surface area (Å²) >= 11 is 0. The summed E-state index contributed by atoms with van der Waals surface area (Å²) in [6, 6.07) is 0. The summed E-state index contributed by atoms with van der Waals surface area (Å²) in [5.41, 5.74) is 0.574. The van der Waals surface area contributed by atoms with Gasteiger partial charge in [-0.3, -0.25) is 4.90 Å². The molecule has 19 heavy (non-hydrogen) atoms. The Balaban J connectivity index is 1.87. The normalized spacial score (nSPS) is 31.4. The van der Waals surface area contributed by atoms with E-state index >= 15 is 0 Å². The molecule has 3 heteroatoms. The maximum atomic E-state index is 5.93. The minimum atomic E-state index is 0.209. The van der Waals surface area contributed by atoms with Gasteiger partial charge in [-0.15, -0.1) is 0 Å². The molecule has 0 radical (unpaired) electrons. The lowest BCUT2D eigenvalue weighted by Crippen LogP contribution is -2.51. The number of fused-ring (bicyclic) bond motifs is 2. The fraction of sp³-hybridized carbons (Fsp3) is 1.00. The first-order valence-corrected chi connectivity index (χ1v) is 7.92. The number of rotatable bonds is 5. The lowest BCUT2D eigenvalue weighted by Gasteiger charge is -2.40. The summed E-state index contributed by atoms with van der Waals surface area (Å²) in [4.78, 5) is 2.64. The number of morpholine rings is 1. The van der Waals surface area contributed by atoms with E-state index in [9.17, 15) is 0 Å². The molecule has 0 amide bonds. The van der Waals surface area contributed by atoms with E-state index in [1.807, 2.05) is 0 Å². The van der Waals surface area contributed by atoms with Crippen LogP contribution < -0.4 is 5.32 Å². The summed E-state index contributed by atoms with van der Waals surface area (Å²) in [6.45, 7) is 16.1. The van der Waals surface area contributed by atoms with Crippen LogP contribution in [0.1, 0.15) is 53.9 Å². The Morgan fingerprint density at radius 2 is 1.68 bits per heavy atom. The SMILES string of the molecule is CCC(C)(CNC(C)(C)C)CN1CC2CCC(C1)O2. The van der Waals surface area contributed by atoms with Gasteiger partial charge in [-0.2, -0.15) is 0 Å². The molecule has 2 aliphatic rings. The van der Waals surface area contributed by atoms with E-state index in [1.165, 1.54) is 25.8 Å². The minimum Gasteiger partial charge on any atom is -0.372 e. The van der Waals surface area contributed by atoms with Gasteiger partial charge in [0.1, 0.15) is 0 Å². The number of hydrogen-bond donors (Lipinski definition) is 1. The summed E-state index contributed by atoms with van der Waals surface area (Å²) in [7, 11) is 0.